The van der Waals surface area contributed by atoms with E-state index in [0.717, 1.165) is 43.3 Å². The van der Waals surface area contributed by atoms with Gasteiger partial charge in [0.15, 0.2) is 0 Å². The van der Waals surface area contributed by atoms with Crippen molar-refractivity contribution in [1.29, 1.82) is 5.26 Å². The van der Waals surface area contributed by atoms with Crippen LogP contribution in [0.3, 0.4) is 0 Å². The zero-order chi connectivity index (χ0) is 14.7. The van der Waals surface area contributed by atoms with E-state index in [-0.39, 0.29) is 0 Å². The number of nitrogens with zero attached hydrogens (tertiary/aromatic N) is 2. The Morgan fingerprint density at radius 2 is 2.14 bits per heavy atom. The van der Waals surface area contributed by atoms with E-state index in [0.29, 0.717) is 11.5 Å². The molecular weight excluding hydrogens is 262 g/mol. The summed E-state index contributed by atoms with van der Waals surface area (Å²) in [4.78, 5) is 2.37. The second-order valence-electron chi connectivity index (χ2n) is 5.55. The Labute approximate surface area is 124 Å². The molecule has 1 atom stereocenters. The van der Waals surface area contributed by atoms with Gasteiger partial charge >= 0.3 is 0 Å². The Balaban J connectivity index is 1.74. The minimum Gasteiger partial charge on any atom is -0.460 e. The van der Waals surface area contributed by atoms with Gasteiger partial charge in [-0.05, 0) is 49.7 Å². The predicted octanol–water partition coefficient (Wildman–Crippen LogP) is 2.60. The lowest BCUT2D eigenvalue weighted by Gasteiger charge is -2.13. The van der Waals surface area contributed by atoms with Gasteiger partial charge in [0, 0.05) is 12.1 Å². The van der Waals surface area contributed by atoms with Crippen LogP contribution in [0.5, 0.6) is 0 Å². The van der Waals surface area contributed by atoms with Crippen LogP contribution >= 0.6 is 0 Å². The summed E-state index contributed by atoms with van der Waals surface area (Å²) in [5, 5.41) is 9.16. The average molecular weight is 281 g/mol. The van der Waals surface area contributed by atoms with Crippen LogP contribution < -0.4 is 5.73 Å². The van der Waals surface area contributed by atoms with E-state index in [9.17, 15) is 0 Å². The molecule has 108 valence electrons. The number of furan rings is 1. The molecule has 4 nitrogen and oxygen atoms in total. The van der Waals surface area contributed by atoms with Crippen LogP contribution in [0.2, 0.25) is 0 Å². The number of likely N-dealkylation sites (tertiary alicyclic amines) is 1. The monoisotopic (exact) mass is 281 g/mol. The number of nitrogens with two attached hydrogens (primary N) is 1. The van der Waals surface area contributed by atoms with Crippen LogP contribution in [0.4, 0.5) is 0 Å². The summed E-state index contributed by atoms with van der Waals surface area (Å²) in [5.74, 6) is 2.31. The highest BCUT2D eigenvalue weighted by Gasteiger charge is 2.22. The van der Waals surface area contributed by atoms with E-state index in [4.69, 9.17) is 15.4 Å². The Bertz CT molecular complexity index is 656. The van der Waals surface area contributed by atoms with Gasteiger partial charge < -0.3 is 10.2 Å². The summed E-state index contributed by atoms with van der Waals surface area (Å²) in [7, 11) is 0. The third kappa shape index (κ3) is 2.99. The van der Waals surface area contributed by atoms with E-state index in [2.05, 4.69) is 11.0 Å². The molecule has 0 amide bonds. The second kappa shape index (κ2) is 6.13. The Morgan fingerprint density at radius 1 is 1.29 bits per heavy atom. The highest BCUT2D eigenvalue weighted by molar-refractivity contribution is 5.66. The van der Waals surface area contributed by atoms with Crippen molar-refractivity contribution in [3.63, 3.8) is 0 Å². The summed E-state index contributed by atoms with van der Waals surface area (Å²) in [6.07, 6.45) is 1.17. The summed E-state index contributed by atoms with van der Waals surface area (Å²) >= 11 is 0. The summed E-state index contributed by atoms with van der Waals surface area (Å²) < 4.78 is 5.92. The molecule has 3 rings (SSSR count). The van der Waals surface area contributed by atoms with Crippen molar-refractivity contribution in [2.75, 3.05) is 19.6 Å². The molecule has 4 heteroatoms. The van der Waals surface area contributed by atoms with E-state index in [1.165, 1.54) is 6.42 Å². The molecule has 2 aromatic rings. The molecule has 0 aliphatic carbocycles. The lowest BCUT2D eigenvalue weighted by Crippen LogP contribution is -2.22. The largest absolute Gasteiger partial charge is 0.460 e. The van der Waals surface area contributed by atoms with Gasteiger partial charge in [-0.1, -0.05) is 12.1 Å². The molecule has 1 saturated heterocycles. The van der Waals surface area contributed by atoms with Crippen LogP contribution in [0.1, 0.15) is 17.7 Å². The number of hydrogen-bond acceptors (Lipinski definition) is 4. The molecule has 0 radical (unpaired) electrons. The molecule has 1 fully saturated rings. The van der Waals surface area contributed by atoms with Crippen LogP contribution in [-0.4, -0.2) is 24.5 Å². The lowest BCUT2D eigenvalue weighted by atomic mass is 10.1. The van der Waals surface area contributed by atoms with Gasteiger partial charge in [-0.25, -0.2) is 0 Å². The van der Waals surface area contributed by atoms with Gasteiger partial charge in [-0.3, -0.25) is 4.90 Å². The van der Waals surface area contributed by atoms with E-state index >= 15 is 0 Å². The first kappa shape index (κ1) is 13.9. The summed E-state index contributed by atoms with van der Waals surface area (Å²) in [5.41, 5.74) is 7.22. The molecule has 0 bridgehead atoms. The van der Waals surface area contributed by atoms with Gasteiger partial charge in [0.1, 0.15) is 11.5 Å². The quantitative estimate of drug-likeness (QED) is 0.935. The van der Waals surface area contributed by atoms with Gasteiger partial charge in [-0.2, -0.15) is 5.26 Å². The Hall–Kier alpha value is -2.09. The summed E-state index contributed by atoms with van der Waals surface area (Å²) in [6, 6.07) is 13.7. The number of hydrogen-bond donors (Lipinski definition) is 1. The highest BCUT2D eigenvalue weighted by Crippen LogP contribution is 2.26. The average Bonchev–Trinajstić information content (AvgIpc) is 3.17. The number of nitriles is 1. The highest BCUT2D eigenvalue weighted by atomic mass is 16.3. The third-order valence-electron chi connectivity index (χ3n) is 4.06. The van der Waals surface area contributed by atoms with Gasteiger partial charge in [0.2, 0.25) is 0 Å². The lowest BCUT2D eigenvalue weighted by molar-refractivity contribution is 0.289. The zero-order valence-corrected chi connectivity index (χ0v) is 12.0. The van der Waals surface area contributed by atoms with Crippen molar-refractivity contribution >= 4 is 0 Å². The molecule has 1 aliphatic heterocycles. The molecule has 0 spiro atoms. The zero-order valence-electron chi connectivity index (χ0n) is 12.0. The Morgan fingerprint density at radius 3 is 2.90 bits per heavy atom. The van der Waals surface area contributed by atoms with Gasteiger partial charge in [0.05, 0.1) is 18.2 Å². The first-order valence-corrected chi connectivity index (χ1v) is 7.31. The van der Waals surface area contributed by atoms with Crippen molar-refractivity contribution in [2.45, 2.75) is 13.0 Å². The maximum Gasteiger partial charge on any atom is 0.135 e. The topological polar surface area (TPSA) is 66.2 Å². The fraction of sp³-hybridized carbons (Fsp3) is 0.353. The van der Waals surface area contributed by atoms with Crippen molar-refractivity contribution in [1.82, 2.24) is 4.90 Å². The van der Waals surface area contributed by atoms with Crippen molar-refractivity contribution in [3.8, 4) is 17.4 Å². The predicted molar refractivity (Wildman–Crippen MR) is 81.3 cm³/mol. The minimum atomic E-state index is 0.610. The fourth-order valence-corrected chi connectivity index (χ4v) is 2.87. The molecule has 1 aliphatic rings. The SMILES string of the molecule is N#Cc1ccccc1-c1ccc(CN2CCC(CN)C2)o1. The van der Waals surface area contributed by atoms with Crippen molar-refractivity contribution < 1.29 is 4.42 Å². The molecule has 1 aromatic heterocycles. The van der Waals surface area contributed by atoms with Crippen LogP contribution in [-0.2, 0) is 6.54 Å². The Kier molecular flexibility index (Phi) is 4.05. The first-order chi connectivity index (χ1) is 10.3. The summed E-state index contributed by atoms with van der Waals surface area (Å²) in [6.45, 7) is 3.69. The molecule has 21 heavy (non-hydrogen) atoms. The number of benzene rings is 1. The van der Waals surface area contributed by atoms with Gasteiger partial charge in [0.25, 0.3) is 0 Å². The fourth-order valence-electron chi connectivity index (χ4n) is 2.87. The van der Waals surface area contributed by atoms with Gasteiger partial charge in [-0.15, -0.1) is 0 Å². The van der Waals surface area contributed by atoms with E-state index in [1.54, 1.807) is 0 Å². The normalized spacial score (nSPS) is 18.8. The van der Waals surface area contributed by atoms with Crippen molar-refractivity contribution in [2.24, 2.45) is 11.7 Å². The maximum absolute atomic E-state index is 9.16. The van der Waals surface area contributed by atoms with E-state index in [1.807, 2.05) is 36.4 Å². The number of rotatable bonds is 4. The van der Waals surface area contributed by atoms with Crippen LogP contribution in [0, 0.1) is 17.2 Å². The van der Waals surface area contributed by atoms with Crippen molar-refractivity contribution in [3.05, 3.63) is 47.7 Å². The molecule has 2 heterocycles. The van der Waals surface area contributed by atoms with Crippen LogP contribution in [0.15, 0.2) is 40.8 Å². The molecule has 2 N–H and O–H groups in total. The van der Waals surface area contributed by atoms with Crippen LogP contribution in [0.25, 0.3) is 11.3 Å². The minimum absolute atomic E-state index is 0.610. The molecule has 1 aromatic carbocycles. The standard InChI is InChI=1S/C17H19N3O/c18-9-13-7-8-20(11-13)12-15-5-6-17(21-15)16-4-2-1-3-14(16)10-19/h1-6,13H,7-9,11-12,18H2. The molecule has 0 saturated carbocycles. The van der Waals surface area contributed by atoms with E-state index < -0.39 is 0 Å². The second-order valence-corrected chi connectivity index (χ2v) is 5.55. The third-order valence-corrected chi connectivity index (χ3v) is 4.06. The maximum atomic E-state index is 9.16. The smallest absolute Gasteiger partial charge is 0.135 e. The molecular formula is C17H19N3O. The first-order valence-electron chi connectivity index (χ1n) is 7.31. The molecule has 1 unspecified atom stereocenters.